The standard InChI is InChI=1S/C11H11ClN4OS/c1-5-8(12)13-9(7-3-4-7)14-10(5)18-11-16-15-6(2)17-11/h7H,3-4H2,1-2H3. The number of hydrogen-bond donors (Lipinski definition) is 0. The van der Waals surface area contributed by atoms with Gasteiger partial charge in [0.1, 0.15) is 16.0 Å². The van der Waals surface area contributed by atoms with E-state index in [9.17, 15) is 0 Å². The summed E-state index contributed by atoms with van der Waals surface area (Å²) in [7, 11) is 0. The fourth-order valence-electron chi connectivity index (χ4n) is 1.51. The van der Waals surface area contributed by atoms with Gasteiger partial charge in [-0.1, -0.05) is 11.6 Å². The van der Waals surface area contributed by atoms with Gasteiger partial charge in [0.2, 0.25) is 5.89 Å². The predicted octanol–water partition coefficient (Wildman–Crippen LogP) is 3.16. The van der Waals surface area contributed by atoms with Crippen molar-refractivity contribution in [3.8, 4) is 0 Å². The Morgan fingerprint density at radius 2 is 2.00 bits per heavy atom. The van der Waals surface area contributed by atoms with Crippen LogP contribution in [0.3, 0.4) is 0 Å². The summed E-state index contributed by atoms with van der Waals surface area (Å²) in [6.07, 6.45) is 2.28. The summed E-state index contributed by atoms with van der Waals surface area (Å²) in [6, 6.07) is 0. The maximum Gasteiger partial charge on any atom is 0.282 e. The largest absolute Gasteiger partial charge is 0.416 e. The van der Waals surface area contributed by atoms with E-state index in [2.05, 4.69) is 20.2 Å². The van der Waals surface area contributed by atoms with Crippen LogP contribution in [0.4, 0.5) is 0 Å². The summed E-state index contributed by atoms with van der Waals surface area (Å²) in [5.74, 6) is 1.83. The van der Waals surface area contributed by atoms with E-state index in [-0.39, 0.29) is 0 Å². The van der Waals surface area contributed by atoms with E-state index >= 15 is 0 Å². The number of halogens is 1. The molecule has 0 amide bonds. The van der Waals surface area contributed by atoms with Crippen molar-refractivity contribution < 1.29 is 4.42 Å². The maximum absolute atomic E-state index is 6.13. The fraction of sp³-hybridized carbons (Fsp3) is 0.455. The SMILES string of the molecule is Cc1nnc(Sc2nc(C3CC3)nc(Cl)c2C)o1. The molecule has 0 spiro atoms. The first-order valence-electron chi connectivity index (χ1n) is 5.65. The third-order valence-electron chi connectivity index (χ3n) is 2.69. The average Bonchev–Trinajstić information content (AvgIpc) is 3.10. The summed E-state index contributed by atoms with van der Waals surface area (Å²) in [4.78, 5) is 8.86. The van der Waals surface area contributed by atoms with Gasteiger partial charge < -0.3 is 4.42 Å². The number of aryl methyl sites for hydroxylation is 1. The molecular weight excluding hydrogens is 272 g/mol. The van der Waals surface area contributed by atoms with Crippen molar-refractivity contribution in [2.75, 3.05) is 0 Å². The number of aromatic nitrogens is 4. The fourth-order valence-corrected chi connectivity index (χ4v) is 2.54. The molecule has 2 aromatic rings. The van der Waals surface area contributed by atoms with Crippen molar-refractivity contribution in [1.82, 2.24) is 20.2 Å². The van der Waals surface area contributed by atoms with Crippen molar-refractivity contribution in [2.45, 2.75) is 42.9 Å². The van der Waals surface area contributed by atoms with Crippen LogP contribution >= 0.6 is 23.4 Å². The Balaban J connectivity index is 1.94. The van der Waals surface area contributed by atoms with Crippen LogP contribution in [-0.2, 0) is 0 Å². The van der Waals surface area contributed by atoms with E-state index in [4.69, 9.17) is 16.0 Å². The van der Waals surface area contributed by atoms with Gasteiger partial charge in [-0.15, -0.1) is 10.2 Å². The summed E-state index contributed by atoms with van der Waals surface area (Å²) in [5.41, 5.74) is 0.849. The second-order valence-electron chi connectivity index (χ2n) is 4.27. The minimum Gasteiger partial charge on any atom is -0.416 e. The van der Waals surface area contributed by atoms with E-state index in [0.29, 0.717) is 22.2 Å². The third kappa shape index (κ3) is 2.35. The molecule has 0 aliphatic heterocycles. The molecule has 0 radical (unpaired) electrons. The highest BCUT2D eigenvalue weighted by molar-refractivity contribution is 7.99. The Bertz CT molecular complexity index is 597. The molecule has 94 valence electrons. The van der Waals surface area contributed by atoms with Crippen LogP contribution in [0.5, 0.6) is 0 Å². The predicted molar refractivity (Wildman–Crippen MR) is 66.9 cm³/mol. The van der Waals surface area contributed by atoms with E-state index in [1.54, 1.807) is 6.92 Å². The molecule has 0 N–H and O–H groups in total. The van der Waals surface area contributed by atoms with E-state index in [1.807, 2.05) is 6.92 Å². The molecular formula is C11H11ClN4OS. The Morgan fingerprint density at radius 3 is 2.61 bits per heavy atom. The second-order valence-corrected chi connectivity index (χ2v) is 5.56. The smallest absolute Gasteiger partial charge is 0.282 e. The van der Waals surface area contributed by atoms with Gasteiger partial charge in [0.15, 0.2) is 0 Å². The molecule has 0 atom stereocenters. The Kier molecular flexibility index (Phi) is 2.99. The van der Waals surface area contributed by atoms with Gasteiger partial charge in [-0.25, -0.2) is 9.97 Å². The lowest BCUT2D eigenvalue weighted by Crippen LogP contribution is -1.98. The first kappa shape index (κ1) is 11.9. The molecule has 0 bridgehead atoms. The zero-order valence-electron chi connectivity index (χ0n) is 9.97. The summed E-state index contributed by atoms with van der Waals surface area (Å²) >= 11 is 7.46. The molecule has 2 aromatic heterocycles. The van der Waals surface area contributed by atoms with Crippen LogP contribution in [-0.4, -0.2) is 20.2 Å². The van der Waals surface area contributed by atoms with Crippen molar-refractivity contribution >= 4 is 23.4 Å². The van der Waals surface area contributed by atoms with Gasteiger partial charge in [0.05, 0.1) is 0 Å². The van der Waals surface area contributed by atoms with Gasteiger partial charge in [0.25, 0.3) is 5.22 Å². The topological polar surface area (TPSA) is 64.7 Å². The van der Waals surface area contributed by atoms with Crippen LogP contribution in [0.25, 0.3) is 0 Å². The first-order valence-corrected chi connectivity index (χ1v) is 6.85. The summed E-state index contributed by atoms with van der Waals surface area (Å²) < 4.78 is 5.34. The molecule has 5 nitrogen and oxygen atoms in total. The van der Waals surface area contributed by atoms with Crippen LogP contribution in [0.2, 0.25) is 5.15 Å². The third-order valence-corrected chi connectivity index (χ3v) is 3.99. The molecule has 1 aliphatic carbocycles. The van der Waals surface area contributed by atoms with Gasteiger partial charge in [-0.05, 0) is 31.5 Å². The number of nitrogens with zero attached hydrogens (tertiary/aromatic N) is 4. The van der Waals surface area contributed by atoms with E-state index < -0.39 is 0 Å². The first-order chi connectivity index (χ1) is 8.63. The van der Waals surface area contributed by atoms with Gasteiger partial charge in [-0.3, -0.25) is 0 Å². The molecule has 0 saturated heterocycles. The minimum absolute atomic E-state index is 0.465. The average molecular weight is 283 g/mol. The van der Waals surface area contributed by atoms with Crippen molar-refractivity contribution in [1.29, 1.82) is 0 Å². The zero-order chi connectivity index (χ0) is 12.7. The number of hydrogen-bond acceptors (Lipinski definition) is 6. The van der Waals surface area contributed by atoms with Crippen LogP contribution in [0.1, 0.15) is 36.0 Å². The van der Waals surface area contributed by atoms with Crippen LogP contribution < -0.4 is 0 Å². The lowest BCUT2D eigenvalue weighted by atomic mass is 10.3. The molecule has 1 aliphatic rings. The lowest BCUT2D eigenvalue weighted by molar-refractivity contribution is 0.429. The van der Waals surface area contributed by atoms with Gasteiger partial charge in [0, 0.05) is 18.4 Å². The van der Waals surface area contributed by atoms with Gasteiger partial charge >= 0.3 is 0 Å². The van der Waals surface area contributed by atoms with E-state index in [1.165, 1.54) is 11.8 Å². The molecule has 1 fully saturated rings. The molecule has 1 saturated carbocycles. The van der Waals surface area contributed by atoms with Crippen LogP contribution in [0.15, 0.2) is 14.7 Å². The number of rotatable bonds is 3. The lowest BCUT2D eigenvalue weighted by Gasteiger charge is -2.06. The molecule has 7 heteroatoms. The van der Waals surface area contributed by atoms with Crippen LogP contribution in [0, 0.1) is 13.8 Å². The molecule has 18 heavy (non-hydrogen) atoms. The Hall–Kier alpha value is -1.14. The minimum atomic E-state index is 0.465. The highest BCUT2D eigenvalue weighted by Crippen LogP contribution is 2.40. The van der Waals surface area contributed by atoms with Crippen molar-refractivity contribution in [3.63, 3.8) is 0 Å². The quantitative estimate of drug-likeness (QED) is 0.806. The van der Waals surface area contributed by atoms with Crippen molar-refractivity contribution in [3.05, 3.63) is 22.4 Å². The van der Waals surface area contributed by atoms with Gasteiger partial charge in [-0.2, -0.15) is 0 Å². The molecule has 0 unspecified atom stereocenters. The van der Waals surface area contributed by atoms with E-state index in [0.717, 1.165) is 29.3 Å². The zero-order valence-corrected chi connectivity index (χ0v) is 11.5. The molecule has 2 heterocycles. The Labute approximate surface area is 113 Å². The Morgan fingerprint density at radius 1 is 1.22 bits per heavy atom. The normalized spacial score (nSPS) is 15.1. The summed E-state index contributed by atoms with van der Waals surface area (Å²) in [5, 5.41) is 9.51. The molecule has 0 aromatic carbocycles. The summed E-state index contributed by atoms with van der Waals surface area (Å²) in [6.45, 7) is 3.65. The van der Waals surface area contributed by atoms with Crippen molar-refractivity contribution in [2.24, 2.45) is 0 Å². The monoisotopic (exact) mass is 282 g/mol. The maximum atomic E-state index is 6.13. The molecule has 3 rings (SSSR count). The highest BCUT2D eigenvalue weighted by atomic mass is 35.5. The second kappa shape index (κ2) is 4.51. The highest BCUT2D eigenvalue weighted by Gasteiger charge is 2.28.